The Morgan fingerprint density at radius 3 is 2.37 bits per heavy atom. The number of carbonyl (C=O) groups is 1. The van der Waals surface area contributed by atoms with Gasteiger partial charge < -0.3 is 14.6 Å². The molecule has 0 spiro atoms. The first-order chi connectivity index (χ1) is 18.2. The normalized spacial score (nSPS) is 11.6. The van der Waals surface area contributed by atoms with Crippen molar-refractivity contribution >= 4 is 60.7 Å². The summed E-state index contributed by atoms with van der Waals surface area (Å²) >= 11 is 6.24. The molecule has 0 aliphatic heterocycles. The number of fused-ring (bicyclic) bond motifs is 3. The largest absolute Gasteiger partial charge is 0.482 e. The molecule has 1 amide bonds. The molecule has 0 fully saturated rings. The maximum Gasteiger partial charge on any atom is 0.262 e. The standard InChI is InChI=1S/C28H23ClFN3O4S/c1-2-33-25-6-4-3-5-22(25)23-15-20(11-13-26(23)33)31-28(34)17-37-27-14-12-21(16-24(27)29)38(35,36)32-19-9-7-18(30)8-10-19/h3-16,32H,2,17H2,1H3,(H,31,34). The quantitative estimate of drug-likeness (QED) is 0.233. The minimum absolute atomic E-state index is 0.0218. The van der Waals surface area contributed by atoms with Crippen molar-refractivity contribution in [2.24, 2.45) is 0 Å². The molecule has 0 saturated carbocycles. The number of carbonyl (C=O) groups excluding carboxylic acids is 1. The number of anilines is 2. The SMILES string of the molecule is CCn1c2ccccc2c2cc(NC(=O)COc3ccc(S(=O)(=O)Nc4ccc(F)cc4)cc3Cl)ccc21. The fourth-order valence-corrected chi connectivity index (χ4v) is 5.69. The second kappa shape index (κ2) is 10.4. The summed E-state index contributed by atoms with van der Waals surface area (Å²) in [5, 5.41) is 5.00. The molecule has 7 nitrogen and oxygen atoms in total. The number of rotatable bonds is 8. The van der Waals surface area contributed by atoms with Gasteiger partial charge in [0.15, 0.2) is 6.61 Å². The van der Waals surface area contributed by atoms with E-state index in [9.17, 15) is 17.6 Å². The minimum Gasteiger partial charge on any atom is -0.482 e. The first kappa shape index (κ1) is 25.6. The van der Waals surface area contributed by atoms with Gasteiger partial charge in [-0.3, -0.25) is 9.52 Å². The molecule has 38 heavy (non-hydrogen) atoms. The number of nitrogens with zero attached hydrogens (tertiary/aromatic N) is 1. The van der Waals surface area contributed by atoms with Gasteiger partial charge in [0, 0.05) is 39.7 Å². The Morgan fingerprint density at radius 1 is 0.921 bits per heavy atom. The molecule has 0 saturated heterocycles. The number of benzene rings is 4. The van der Waals surface area contributed by atoms with Gasteiger partial charge >= 0.3 is 0 Å². The van der Waals surface area contributed by atoms with Crippen LogP contribution in [0.5, 0.6) is 5.75 Å². The molecule has 1 aromatic heterocycles. The topological polar surface area (TPSA) is 89.4 Å². The molecule has 0 aliphatic carbocycles. The van der Waals surface area contributed by atoms with Crippen molar-refractivity contribution in [1.29, 1.82) is 0 Å². The summed E-state index contributed by atoms with van der Waals surface area (Å²) in [7, 11) is -3.96. The molecule has 0 unspecified atom stereocenters. The van der Waals surface area contributed by atoms with Crippen molar-refractivity contribution in [1.82, 2.24) is 4.57 Å². The van der Waals surface area contributed by atoms with E-state index in [0.29, 0.717) is 5.69 Å². The summed E-state index contributed by atoms with van der Waals surface area (Å²) in [6.07, 6.45) is 0. The van der Waals surface area contributed by atoms with Crippen molar-refractivity contribution in [3.63, 3.8) is 0 Å². The molecule has 5 aromatic rings. The molecular formula is C28H23ClFN3O4S. The van der Waals surface area contributed by atoms with Gasteiger partial charge in [-0.05, 0) is 73.7 Å². The first-order valence-electron chi connectivity index (χ1n) is 11.8. The van der Waals surface area contributed by atoms with Gasteiger partial charge in [-0.15, -0.1) is 0 Å². The number of halogens is 2. The van der Waals surface area contributed by atoms with Gasteiger partial charge in [-0.2, -0.15) is 0 Å². The Morgan fingerprint density at radius 2 is 1.63 bits per heavy atom. The molecule has 1 heterocycles. The Balaban J connectivity index is 1.26. The fourth-order valence-electron chi connectivity index (χ4n) is 4.31. The van der Waals surface area contributed by atoms with Crippen LogP contribution >= 0.6 is 11.6 Å². The highest BCUT2D eigenvalue weighted by molar-refractivity contribution is 7.92. The highest BCUT2D eigenvalue weighted by Gasteiger charge is 2.17. The molecular weight excluding hydrogens is 529 g/mol. The second-order valence-electron chi connectivity index (χ2n) is 8.53. The van der Waals surface area contributed by atoms with E-state index in [1.807, 2.05) is 30.3 Å². The van der Waals surface area contributed by atoms with E-state index < -0.39 is 21.7 Å². The smallest absolute Gasteiger partial charge is 0.262 e. The van der Waals surface area contributed by atoms with E-state index in [0.717, 1.165) is 40.5 Å². The summed E-state index contributed by atoms with van der Waals surface area (Å²) in [6, 6.07) is 22.7. The van der Waals surface area contributed by atoms with Crippen molar-refractivity contribution in [3.05, 3.63) is 95.8 Å². The summed E-state index contributed by atoms with van der Waals surface area (Å²) in [5.41, 5.74) is 3.05. The predicted molar refractivity (Wildman–Crippen MR) is 148 cm³/mol. The summed E-state index contributed by atoms with van der Waals surface area (Å²) in [5.74, 6) is -0.718. The van der Waals surface area contributed by atoms with Crippen molar-refractivity contribution in [3.8, 4) is 5.75 Å². The molecule has 0 radical (unpaired) electrons. The van der Waals surface area contributed by atoms with Crippen LogP contribution in [0.3, 0.4) is 0 Å². The summed E-state index contributed by atoms with van der Waals surface area (Å²) < 4.78 is 48.5. The number of nitrogens with one attached hydrogen (secondary N) is 2. The summed E-state index contributed by atoms with van der Waals surface area (Å²) in [4.78, 5) is 12.5. The van der Waals surface area contributed by atoms with Crippen molar-refractivity contribution < 1.29 is 22.3 Å². The number of aromatic nitrogens is 1. The number of hydrogen-bond donors (Lipinski definition) is 2. The zero-order valence-electron chi connectivity index (χ0n) is 20.2. The third kappa shape index (κ3) is 5.16. The number of hydrogen-bond acceptors (Lipinski definition) is 4. The molecule has 2 N–H and O–H groups in total. The van der Waals surface area contributed by atoms with Gasteiger partial charge in [0.2, 0.25) is 0 Å². The number of aryl methyl sites for hydroxylation is 1. The number of para-hydroxylation sites is 1. The second-order valence-corrected chi connectivity index (χ2v) is 10.6. The Bertz CT molecular complexity index is 1770. The van der Waals surface area contributed by atoms with Crippen LogP contribution in [0.4, 0.5) is 15.8 Å². The molecule has 0 aliphatic rings. The third-order valence-corrected chi connectivity index (χ3v) is 7.72. The maximum atomic E-state index is 13.1. The van der Waals surface area contributed by atoms with E-state index in [2.05, 4.69) is 33.7 Å². The van der Waals surface area contributed by atoms with Crippen molar-refractivity contribution in [2.45, 2.75) is 18.4 Å². The van der Waals surface area contributed by atoms with Crippen LogP contribution in [0, 0.1) is 5.82 Å². The molecule has 10 heteroatoms. The lowest BCUT2D eigenvalue weighted by atomic mass is 10.1. The average Bonchev–Trinajstić information content (AvgIpc) is 3.22. The lowest BCUT2D eigenvalue weighted by molar-refractivity contribution is -0.118. The van der Waals surface area contributed by atoms with Gasteiger partial charge in [-0.1, -0.05) is 29.8 Å². The fraction of sp³-hybridized carbons (Fsp3) is 0.107. The van der Waals surface area contributed by atoms with Gasteiger partial charge in [0.25, 0.3) is 15.9 Å². The molecule has 0 atom stereocenters. The van der Waals surface area contributed by atoms with Crippen LogP contribution in [0.1, 0.15) is 6.92 Å². The molecule has 5 rings (SSSR count). The number of amides is 1. The number of ether oxygens (including phenoxy) is 1. The van der Waals surface area contributed by atoms with Gasteiger partial charge in [-0.25, -0.2) is 12.8 Å². The van der Waals surface area contributed by atoms with Crippen LogP contribution in [0.2, 0.25) is 5.02 Å². The van der Waals surface area contributed by atoms with E-state index in [4.69, 9.17) is 16.3 Å². The van der Waals surface area contributed by atoms with E-state index in [1.54, 1.807) is 0 Å². The highest BCUT2D eigenvalue weighted by atomic mass is 35.5. The Kier molecular flexibility index (Phi) is 6.96. The lowest BCUT2D eigenvalue weighted by Gasteiger charge is -2.12. The van der Waals surface area contributed by atoms with Gasteiger partial charge in [0.1, 0.15) is 11.6 Å². The summed E-state index contributed by atoms with van der Waals surface area (Å²) in [6.45, 7) is 2.59. The van der Waals surface area contributed by atoms with Crippen LogP contribution in [0.25, 0.3) is 21.8 Å². The van der Waals surface area contributed by atoms with Crippen molar-refractivity contribution in [2.75, 3.05) is 16.6 Å². The van der Waals surface area contributed by atoms with E-state index in [1.165, 1.54) is 30.3 Å². The van der Waals surface area contributed by atoms with Crippen LogP contribution < -0.4 is 14.8 Å². The molecule has 0 bridgehead atoms. The predicted octanol–water partition coefficient (Wildman–Crippen LogP) is 6.43. The highest BCUT2D eigenvalue weighted by Crippen LogP contribution is 2.31. The van der Waals surface area contributed by atoms with Gasteiger partial charge in [0.05, 0.1) is 9.92 Å². The van der Waals surface area contributed by atoms with Crippen LogP contribution in [-0.4, -0.2) is 25.5 Å². The zero-order valence-corrected chi connectivity index (χ0v) is 21.8. The zero-order chi connectivity index (χ0) is 26.9. The van der Waals surface area contributed by atoms with E-state index >= 15 is 0 Å². The monoisotopic (exact) mass is 551 g/mol. The maximum absolute atomic E-state index is 13.1. The van der Waals surface area contributed by atoms with Crippen LogP contribution in [0.15, 0.2) is 89.8 Å². The minimum atomic E-state index is -3.96. The lowest BCUT2D eigenvalue weighted by Crippen LogP contribution is -2.20. The first-order valence-corrected chi connectivity index (χ1v) is 13.6. The molecule has 4 aromatic carbocycles. The Hall–Kier alpha value is -4.08. The average molecular weight is 552 g/mol. The van der Waals surface area contributed by atoms with Crippen LogP contribution in [-0.2, 0) is 21.4 Å². The Labute approximate surface area is 223 Å². The third-order valence-electron chi connectivity index (χ3n) is 6.04. The molecule has 194 valence electrons. The van der Waals surface area contributed by atoms with E-state index in [-0.39, 0.29) is 28.0 Å². The number of sulfonamides is 1.